The molecule has 0 aliphatic carbocycles. The van der Waals surface area contributed by atoms with E-state index in [0.29, 0.717) is 17.7 Å². The molecule has 1 aliphatic rings. The van der Waals surface area contributed by atoms with Crippen molar-refractivity contribution in [3.8, 4) is 0 Å². The summed E-state index contributed by atoms with van der Waals surface area (Å²) in [5, 5.41) is 3.09. The van der Waals surface area contributed by atoms with Gasteiger partial charge in [0.1, 0.15) is 0 Å². The number of nitrogens with one attached hydrogen (secondary N) is 1. The van der Waals surface area contributed by atoms with E-state index in [1.165, 1.54) is 4.90 Å². The van der Waals surface area contributed by atoms with Crippen molar-refractivity contribution in [2.45, 2.75) is 46.2 Å². The van der Waals surface area contributed by atoms with E-state index in [0.717, 1.165) is 24.0 Å². The van der Waals surface area contributed by atoms with Crippen LogP contribution in [0.1, 0.15) is 58.5 Å². The lowest BCUT2D eigenvalue weighted by Gasteiger charge is -2.23. The predicted octanol–water partition coefficient (Wildman–Crippen LogP) is 2.50. The summed E-state index contributed by atoms with van der Waals surface area (Å²) in [4.78, 5) is 26.4. The van der Waals surface area contributed by atoms with E-state index in [4.69, 9.17) is 0 Å². The maximum atomic E-state index is 12.5. The van der Waals surface area contributed by atoms with Crippen LogP contribution in [-0.4, -0.2) is 29.8 Å². The fourth-order valence-electron chi connectivity index (χ4n) is 2.82. The third-order valence-electron chi connectivity index (χ3n) is 4.05. The van der Waals surface area contributed by atoms with Crippen LogP contribution in [0.3, 0.4) is 0 Å². The van der Waals surface area contributed by atoms with Gasteiger partial charge in [-0.3, -0.25) is 14.5 Å². The van der Waals surface area contributed by atoms with Gasteiger partial charge in [0, 0.05) is 12.6 Å². The topological polar surface area (TPSA) is 49.4 Å². The van der Waals surface area contributed by atoms with Crippen molar-refractivity contribution in [3.63, 3.8) is 0 Å². The Morgan fingerprint density at radius 3 is 2.15 bits per heavy atom. The van der Waals surface area contributed by atoms with Crippen molar-refractivity contribution in [2.24, 2.45) is 0 Å². The molecule has 20 heavy (non-hydrogen) atoms. The molecule has 0 spiro atoms. The van der Waals surface area contributed by atoms with Gasteiger partial charge in [-0.2, -0.15) is 0 Å². The molecule has 1 N–H and O–H groups in total. The summed E-state index contributed by atoms with van der Waals surface area (Å²) < 4.78 is 0. The van der Waals surface area contributed by atoms with Crippen molar-refractivity contribution in [3.05, 3.63) is 34.4 Å². The van der Waals surface area contributed by atoms with Crippen molar-refractivity contribution < 1.29 is 9.59 Å². The van der Waals surface area contributed by atoms with Crippen LogP contribution in [0.4, 0.5) is 0 Å². The number of aryl methyl sites for hydroxylation is 1. The van der Waals surface area contributed by atoms with Crippen LogP contribution in [0.2, 0.25) is 0 Å². The monoisotopic (exact) mass is 274 g/mol. The zero-order chi connectivity index (χ0) is 14.9. The Morgan fingerprint density at radius 1 is 1.10 bits per heavy atom. The van der Waals surface area contributed by atoms with Gasteiger partial charge in [0.15, 0.2) is 0 Å². The number of carbonyl (C=O) groups is 2. The summed E-state index contributed by atoms with van der Waals surface area (Å²) >= 11 is 0. The molecule has 4 heteroatoms. The average Bonchev–Trinajstić information content (AvgIpc) is 2.66. The molecule has 0 bridgehead atoms. The molecule has 0 saturated carbocycles. The van der Waals surface area contributed by atoms with E-state index < -0.39 is 0 Å². The number of amides is 2. The molecular formula is C16H22N2O2. The Balaban J connectivity index is 2.46. The molecular weight excluding hydrogens is 252 g/mol. The fraction of sp³-hybridized carbons (Fsp3) is 0.500. The second kappa shape index (κ2) is 5.75. The summed E-state index contributed by atoms with van der Waals surface area (Å²) in [7, 11) is 1.87. The molecule has 0 aromatic heterocycles. The minimum absolute atomic E-state index is 0.00421. The SMILES string of the molecule is CCC(CC)N1C(=O)c2cc(C)c(CNC)cc2C1=O. The van der Waals surface area contributed by atoms with Gasteiger partial charge in [-0.15, -0.1) is 0 Å². The number of benzene rings is 1. The molecule has 1 heterocycles. The molecule has 0 unspecified atom stereocenters. The highest BCUT2D eigenvalue weighted by molar-refractivity contribution is 6.21. The summed E-state index contributed by atoms with van der Waals surface area (Å²) in [6, 6.07) is 3.71. The molecule has 1 aromatic rings. The average molecular weight is 274 g/mol. The van der Waals surface area contributed by atoms with Gasteiger partial charge in [-0.1, -0.05) is 13.8 Å². The molecule has 0 saturated heterocycles. The highest BCUT2D eigenvalue weighted by Crippen LogP contribution is 2.29. The summed E-state index contributed by atoms with van der Waals surface area (Å²) in [5.41, 5.74) is 3.22. The van der Waals surface area contributed by atoms with Crippen molar-refractivity contribution in [1.29, 1.82) is 0 Å². The van der Waals surface area contributed by atoms with E-state index in [9.17, 15) is 9.59 Å². The van der Waals surface area contributed by atoms with E-state index in [2.05, 4.69) is 5.32 Å². The zero-order valence-corrected chi connectivity index (χ0v) is 12.6. The number of carbonyl (C=O) groups excluding carboxylic acids is 2. The summed E-state index contributed by atoms with van der Waals surface area (Å²) in [5.74, 6) is -0.283. The Bertz CT molecular complexity index is 548. The molecule has 1 aromatic carbocycles. The second-order valence-corrected chi connectivity index (χ2v) is 5.31. The third-order valence-corrected chi connectivity index (χ3v) is 4.05. The summed E-state index contributed by atoms with van der Waals surface area (Å²) in [6.07, 6.45) is 1.59. The Kier molecular flexibility index (Phi) is 4.23. The van der Waals surface area contributed by atoms with Crippen molar-refractivity contribution >= 4 is 11.8 Å². The first kappa shape index (κ1) is 14.7. The smallest absolute Gasteiger partial charge is 0.261 e. The predicted molar refractivity (Wildman–Crippen MR) is 78.8 cm³/mol. The van der Waals surface area contributed by atoms with Crippen LogP contribution in [0.5, 0.6) is 0 Å². The van der Waals surface area contributed by atoms with Crippen LogP contribution < -0.4 is 5.32 Å². The first-order valence-corrected chi connectivity index (χ1v) is 7.21. The Morgan fingerprint density at radius 2 is 1.65 bits per heavy atom. The molecule has 0 radical (unpaired) electrons. The number of imide groups is 1. The fourth-order valence-corrected chi connectivity index (χ4v) is 2.82. The van der Waals surface area contributed by atoms with Crippen molar-refractivity contribution in [1.82, 2.24) is 10.2 Å². The number of hydrogen-bond donors (Lipinski definition) is 1. The molecule has 0 fully saturated rings. The first-order valence-electron chi connectivity index (χ1n) is 7.21. The molecule has 2 rings (SSSR count). The highest BCUT2D eigenvalue weighted by Gasteiger charge is 2.39. The molecule has 4 nitrogen and oxygen atoms in total. The lowest BCUT2D eigenvalue weighted by atomic mass is 10.0. The van der Waals surface area contributed by atoms with E-state index in [-0.39, 0.29) is 17.9 Å². The maximum Gasteiger partial charge on any atom is 0.261 e. The lowest BCUT2D eigenvalue weighted by Crippen LogP contribution is -2.39. The molecule has 2 amide bonds. The summed E-state index contributed by atoms with van der Waals surface area (Å²) in [6.45, 7) is 6.70. The lowest BCUT2D eigenvalue weighted by molar-refractivity contribution is 0.0576. The standard InChI is InChI=1S/C16H22N2O2/c1-5-12(6-2)18-15(19)13-7-10(3)11(9-17-4)8-14(13)16(18)20/h7-8,12,17H,5-6,9H2,1-4H3. The van der Waals surface area contributed by atoms with Gasteiger partial charge in [0.05, 0.1) is 11.1 Å². The normalized spacial score (nSPS) is 14.3. The molecule has 0 atom stereocenters. The minimum atomic E-state index is -0.143. The number of fused-ring (bicyclic) bond motifs is 1. The highest BCUT2D eigenvalue weighted by atomic mass is 16.2. The van der Waals surface area contributed by atoms with Gasteiger partial charge < -0.3 is 5.32 Å². The molecule has 108 valence electrons. The van der Waals surface area contributed by atoms with Crippen LogP contribution >= 0.6 is 0 Å². The first-order chi connectivity index (χ1) is 9.54. The number of rotatable bonds is 5. The maximum absolute atomic E-state index is 12.5. The Hall–Kier alpha value is -1.68. The van der Waals surface area contributed by atoms with Gasteiger partial charge in [0.2, 0.25) is 0 Å². The van der Waals surface area contributed by atoms with Crippen LogP contribution in [-0.2, 0) is 6.54 Å². The third kappa shape index (κ3) is 2.24. The zero-order valence-electron chi connectivity index (χ0n) is 12.6. The van der Waals surface area contributed by atoms with Gasteiger partial charge in [-0.25, -0.2) is 0 Å². The van der Waals surface area contributed by atoms with Crippen LogP contribution in [0, 0.1) is 6.92 Å². The molecule has 1 aliphatic heterocycles. The van der Waals surface area contributed by atoms with Gasteiger partial charge in [-0.05, 0) is 50.1 Å². The van der Waals surface area contributed by atoms with Gasteiger partial charge in [0.25, 0.3) is 11.8 Å². The van der Waals surface area contributed by atoms with Crippen LogP contribution in [0.15, 0.2) is 12.1 Å². The van der Waals surface area contributed by atoms with E-state index in [1.807, 2.05) is 40.0 Å². The number of nitrogens with zero attached hydrogens (tertiary/aromatic N) is 1. The van der Waals surface area contributed by atoms with E-state index in [1.54, 1.807) is 0 Å². The van der Waals surface area contributed by atoms with Crippen molar-refractivity contribution in [2.75, 3.05) is 7.05 Å². The van der Waals surface area contributed by atoms with Gasteiger partial charge >= 0.3 is 0 Å². The second-order valence-electron chi connectivity index (χ2n) is 5.31. The Labute approximate surface area is 120 Å². The largest absolute Gasteiger partial charge is 0.316 e. The quantitative estimate of drug-likeness (QED) is 0.839. The minimum Gasteiger partial charge on any atom is -0.316 e. The van der Waals surface area contributed by atoms with Crippen LogP contribution in [0.25, 0.3) is 0 Å². The van der Waals surface area contributed by atoms with E-state index >= 15 is 0 Å². The number of hydrogen-bond acceptors (Lipinski definition) is 3.